The molecule has 0 aromatic heterocycles. The van der Waals surface area contributed by atoms with Crippen molar-refractivity contribution in [1.29, 1.82) is 5.26 Å². The van der Waals surface area contributed by atoms with E-state index in [1.807, 2.05) is 19.1 Å². The molecule has 0 fully saturated rings. The summed E-state index contributed by atoms with van der Waals surface area (Å²) in [6, 6.07) is 13.9. The first-order chi connectivity index (χ1) is 10.4. The van der Waals surface area contributed by atoms with Gasteiger partial charge in [0.05, 0.1) is 22.7 Å². The van der Waals surface area contributed by atoms with Crippen LogP contribution in [-0.4, -0.2) is 14.6 Å². The van der Waals surface area contributed by atoms with Crippen LogP contribution >= 0.6 is 0 Å². The van der Waals surface area contributed by atoms with E-state index in [1.54, 1.807) is 43.3 Å². The minimum atomic E-state index is -3.70. The Labute approximate surface area is 130 Å². The lowest BCUT2D eigenvalue weighted by atomic mass is 10.2. The van der Waals surface area contributed by atoms with E-state index in [1.165, 1.54) is 6.21 Å². The molecule has 22 heavy (non-hydrogen) atoms. The Hall–Kier alpha value is -2.65. The normalized spacial score (nSPS) is 11.3. The number of sulfonamides is 1. The average Bonchev–Trinajstić information content (AvgIpc) is 2.50. The summed E-state index contributed by atoms with van der Waals surface area (Å²) in [4.78, 5) is 2.41. The number of hydrogen-bond acceptors (Lipinski definition) is 4. The van der Waals surface area contributed by atoms with Gasteiger partial charge in [-0.3, -0.25) is 0 Å². The molecule has 0 heterocycles. The molecular weight excluding hydrogens is 298 g/mol. The predicted octanol–water partition coefficient (Wildman–Crippen LogP) is 2.49. The molecule has 0 atom stereocenters. The Morgan fingerprint density at radius 3 is 2.45 bits per heavy atom. The van der Waals surface area contributed by atoms with Crippen molar-refractivity contribution in [3.63, 3.8) is 0 Å². The van der Waals surface area contributed by atoms with Gasteiger partial charge in [-0.2, -0.15) is 18.8 Å². The zero-order valence-electron chi connectivity index (χ0n) is 12.2. The van der Waals surface area contributed by atoms with Gasteiger partial charge in [0, 0.05) is 0 Å². The lowest BCUT2D eigenvalue weighted by Gasteiger charge is -2.07. The molecule has 0 saturated carbocycles. The molecular formula is C16H15N3O2S. The maximum absolute atomic E-state index is 12.2. The predicted molar refractivity (Wildman–Crippen MR) is 85.0 cm³/mol. The summed E-state index contributed by atoms with van der Waals surface area (Å²) in [6.07, 6.45) is 1.39. The molecule has 0 unspecified atom stereocenters. The number of nitrogens with zero attached hydrogens (tertiary/aromatic N) is 2. The summed E-state index contributed by atoms with van der Waals surface area (Å²) in [7, 11) is -3.70. The Balaban J connectivity index is 2.17. The van der Waals surface area contributed by atoms with E-state index in [4.69, 9.17) is 5.26 Å². The number of hydrazone groups is 1. The van der Waals surface area contributed by atoms with E-state index in [0.29, 0.717) is 16.7 Å². The van der Waals surface area contributed by atoms with Crippen LogP contribution in [0.15, 0.2) is 52.5 Å². The van der Waals surface area contributed by atoms with Crippen molar-refractivity contribution >= 4 is 16.2 Å². The second-order valence-electron chi connectivity index (χ2n) is 4.86. The molecule has 2 rings (SSSR count). The Bertz CT molecular complexity index is 848. The van der Waals surface area contributed by atoms with Crippen molar-refractivity contribution in [2.24, 2.45) is 5.10 Å². The lowest BCUT2D eigenvalue weighted by molar-refractivity contribution is 0.584. The minimum Gasteiger partial charge on any atom is -0.200 e. The summed E-state index contributed by atoms with van der Waals surface area (Å²) in [5.41, 5.74) is 2.75. The number of nitrogens with one attached hydrogen (secondary N) is 1. The summed E-state index contributed by atoms with van der Waals surface area (Å²) >= 11 is 0. The Morgan fingerprint density at radius 1 is 1.14 bits per heavy atom. The van der Waals surface area contributed by atoms with Crippen LogP contribution < -0.4 is 4.83 Å². The zero-order chi connectivity index (χ0) is 16.2. The Morgan fingerprint density at radius 2 is 1.82 bits per heavy atom. The van der Waals surface area contributed by atoms with Gasteiger partial charge in [0.15, 0.2) is 0 Å². The van der Waals surface area contributed by atoms with E-state index in [2.05, 4.69) is 9.93 Å². The quantitative estimate of drug-likeness (QED) is 0.695. The van der Waals surface area contributed by atoms with Crippen molar-refractivity contribution in [3.8, 4) is 6.07 Å². The topological polar surface area (TPSA) is 82.3 Å². The highest BCUT2D eigenvalue weighted by Gasteiger charge is 2.15. The van der Waals surface area contributed by atoms with Crippen molar-refractivity contribution < 1.29 is 8.42 Å². The smallest absolute Gasteiger partial charge is 0.200 e. The van der Waals surface area contributed by atoms with Gasteiger partial charge in [0.2, 0.25) is 0 Å². The molecule has 0 aliphatic heterocycles. The van der Waals surface area contributed by atoms with Gasteiger partial charge in [0.1, 0.15) is 0 Å². The van der Waals surface area contributed by atoms with Crippen LogP contribution in [0, 0.1) is 25.2 Å². The number of rotatable bonds is 4. The fraction of sp³-hybridized carbons (Fsp3) is 0.125. The molecule has 0 spiro atoms. The van der Waals surface area contributed by atoms with Gasteiger partial charge < -0.3 is 0 Å². The van der Waals surface area contributed by atoms with Crippen LogP contribution in [0.5, 0.6) is 0 Å². The molecule has 1 N–H and O–H groups in total. The third-order valence-corrected chi connectivity index (χ3v) is 4.42. The van der Waals surface area contributed by atoms with Crippen molar-refractivity contribution in [2.75, 3.05) is 0 Å². The highest BCUT2D eigenvalue weighted by Crippen LogP contribution is 2.16. The Kier molecular flexibility index (Phi) is 4.59. The van der Waals surface area contributed by atoms with Gasteiger partial charge in [0.25, 0.3) is 10.0 Å². The molecule has 0 aliphatic carbocycles. The van der Waals surface area contributed by atoms with Crippen LogP contribution in [-0.2, 0) is 10.0 Å². The fourth-order valence-electron chi connectivity index (χ4n) is 1.86. The summed E-state index contributed by atoms with van der Waals surface area (Å²) in [6.45, 7) is 3.57. The van der Waals surface area contributed by atoms with Crippen molar-refractivity contribution in [1.82, 2.24) is 4.83 Å². The average molecular weight is 313 g/mol. The molecule has 0 radical (unpaired) electrons. The minimum absolute atomic E-state index is 0.212. The van der Waals surface area contributed by atoms with Crippen LogP contribution in [0.3, 0.4) is 0 Å². The van der Waals surface area contributed by atoms with Gasteiger partial charge >= 0.3 is 0 Å². The van der Waals surface area contributed by atoms with Crippen LogP contribution in [0.4, 0.5) is 0 Å². The fourth-order valence-corrected chi connectivity index (χ4v) is 2.98. The van der Waals surface area contributed by atoms with Gasteiger partial charge in [-0.15, -0.1) is 0 Å². The third-order valence-electron chi connectivity index (χ3n) is 3.06. The maximum atomic E-state index is 12.2. The van der Waals surface area contributed by atoms with Crippen LogP contribution in [0.2, 0.25) is 0 Å². The molecule has 2 aromatic rings. The zero-order valence-corrected chi connectivity index (χ0v) is 13.1. The van der Waals surface area contributed by atoms with E-state index >= 15 is 0 Å². The van der Waals surface area contributed by atoms with Crippen molar-refractivity contribution in [2.45, 2.75) is 18.7 Å². The number of hydrogen-bond donors (Lipinski definition) is 1. The summed E-state index contributed by atoms with van der Waals surface area (Å²) < 4.78 is 24.5. The first-order valence-electron chi connectivity index (χ1n) is 6.55. The molecule has 0 bridgehead atoms. The van der Waals surface area contributed by atoms with E-state index in [-0.39, 0.29) is 4.90 Å². The number of aryl methyl sites for hydroxylation is 2. The molecule has 6 heteroatoms. The second kappa shape index (κ2) is 6.41. The van der Waals surface area contributed by atoms with E-state index in [0.717, 1.165) is 5.56 Å². The SMILES string of the molecule is Cc1ccc(C)c(S(=O)(=O)NN=Cc2ccc(C#N)cc2)c1. The largest absolute Gasteiger partial charge is 0.276 e. The molecule has 0 aliphatic rings. The van der Waals surface area contributed by atoms with Crippen molar-refractivity contribution in [3.05, 3.63) is 64.7 Å². The molecule has 0 saturated heterocycles. The highest BCUT2D eigenvalue weighted by atomic mass is 32.2. The molecule has 2 aromatic carbocycles. The standard InChI is InChI=1S/C16H15N3O2S/c1-12-3-4-13(2)16(9-12)22(20,21)19-18-11-15-7-5-14(10-17)6-8-15/h3-9,11,19H,1-2H3. The first kappa shape index (κ1) is 15.7. The first-order valence-corrected chi connectivity index (χ1v) is 8.03. The summed E-state index contributed by atoms with van der Waals surface area (Å²) in [5, 5.41) is 12.5. The number of nitriles is 1. The third kappa shape index (κ3) is 3.71. The molecule has 0 amide bonds. The van der Waals surface area contributed by atoms with E-state index < -0.39 is 10.0 Å². The van der Waals surface area contributed by atoms with Gasteiger partial charge in [-0.05, 0) is 48.7 Å². The molecule has 112 valence electrons. The van der Waals surface area contributed by atoms with E-state index in [9.17, 15) is 8.42 Å². The maximum Gasteiger partial charge on any atom is 0.276 e. The second-order valence-corrected chi connectivity index (χ2v) is 6.48. The van der Waals surface area contributed by atoms with Gasteiger partial charge in [-0.25, -0.2) is 4.83 Å². The summed E-state index contributed by atoms with van der Waals surface area (Å²) in [5.74, 6) is 0. The highest BCUT2D eigenvalue weighted by molar-refractivity contribution is 7.89. The molecule has 5 nitrogen and oxygen atoms in total. The monoisotopic (exact) mass is 313 g/mol. The van der Waals surface area contributed by atoms with Gasteiger partial charge in [-0.1, -0.05) is 24.3 Å². The number of benzene rings is 2. The van der Waals surface area contributed by atoms with Crippen LogP contribution in [0.1, 0.15) is 22.3 Å². The lowest BCUT2D eigenvalue weighted by Crippen LogP contribution is -2.19. The van der Waals surface area contributed by atoms with Crippen LogP contribution in [0.25, 0.3) is 0 Å².